The van der Waals surface area contributed by atoms with Gasteiger partial charge >= 0.3 is 0 Å². The smallest absolute Gasteiger partial charge is 0.0235 e. The third kappa shape index (κ3) is 5.01. The number of nitrogens with one attached hydrogen (secondary N) is 1. The molecule has 1 N–H and O–H groups in total. The van der Waals surface area contributed by atoms with Crippen LogP contribution < -0.4 is 5.32 Å². The van der Waals surface area contributed by atoms with Crippen LogP contribution in [0.25, 0.3) is 0 Å². The van der Waals surface area contributed by atoms with Crippen molar-refractivity contribution >= 4 is 0 Å². The van der Waals surface area contributed by atoms with Gasteiger partial charge in [-0.2, -0.15) is 0 Å². The first-order valence-corrected chi connectivity index (χ1v) is 9.03. The van der Waals surface area contributed by atoms with Crippen LogP contribution >= 0.6 is 0 Å². The number of likely N-dealkylation sites (tertiary alicyclic amines) is 2. The molecule has 0 aromatic rings. The van der Waals surface area contributed by atoms with Crippen LogP contribution in [0.4, 0.5) is 0 Å². The molecular weight excluding hydrogens is 246 g/mol. The molecule has 2 aliphatic rings. The molecule has 2 atom stereocenters. The molecular formula is C17H35N3. The van der Waals surface area contributed by atoms with Crippen molar-refractivity contribution in [2.75, 3.05) is 39.3 Å². The highest BCUT2D eigenvalue weighted by molar-refractivity contribution is 4.86. The molecule has 3 nitrogen and oxygen atoms in total. The van der Waals surface area contributed by atoms with Gasteiger partial charge in [0.25, 0.3) is 0 Å². The fourth-order valence-electron chi connectivity index (χ4n) is 3.83. The second kappa shape index (κ2) is 9.01. The topological polar surface area (TPSA) is 18.5 Å². The summed E-state index contributed by atoms with van der Waals surface area (Å²) in [5.74, 6) is 0. The van der Waals surface area contributed by atoms with E-state index in [-0.39, 0.29) is 0 Å². The Morgan fingerprint density at radius 2 is 1.85 bits per heavy atom. The van der Waals surface area contributed by atoms with Gasteiger partial charge in [-0.05, 0) is 58.3 Å². The summed E-state index contributed by atoms with van der Waals surface area (Å²) in [6.07, 6.45) is 9.56. The molecule has 0 amide bonds. The summed E-state index contributed by atoms with van der Waals surface area (Å²) in [6.45, 7) is 12.3. The zero-order valence-electron chi connectivity index (χ0n) is 13.7. The number of rotatable bonds is 8. The number of piperidine rings is 1. The van der Waals surface area contributed by atoms with E-state index >= 15 is 0 Å². The number of nitrogens with zero attached hydrogens (tertiary/aromatic N) is 2. The third-order valence-corrected chi connectivity index (χ3v) is 4.95. The first kappa shape index (κ1) is 16.3. The zero-order chi connectivity index (χ0) is 14.2. The lowest BCUT2D eigenvalue weighted by atomic mass is 10.1. The number of hydrogen-bond donors (Lipinski definition) is 1. The van der Waals surface area contributed by atoms with E-state index in [0.29, 0.717) is 6.04 Å². The summed E-state index contributed by atoms with van der Waals surface area (Å²) in [5, 5.41) is 3.74. The zero-order valence-corrected chi connectivity index (χ0v) is 13.7. The summed E-state index contributed by atoms with van der Waals surface area (Å²) in [7, 11) is 0. The van der Waals surface area contributed by atoms with E-state index < -0.39 is 0 Å². The lowest BCUT2D eigenvalue weighted by molar-refractivity contribution is 0.159. The Labute approximate surface area is 126 Å². The Kier molecular flexibility index (Phi) is 7.32. The fraction of sp³-hybridized carbons (Fsp3) is 1.00. The molecule has 2 fully saturated rings. The van der Waals surface area contributed by atoms with Crippen molar-refractivity contribution in [2.45, 2.75) is 70.9 Å². The standard InChI is InChI=1S/C17H35N3/c1-3-8-16(18-10-4-2)14-19-13-9-17(15-19)20-11-6-5-7-12-20/h16-18H,3-15H2,1-2H3. The average Bonchev–Trinajstić information content (AvgIpc) is 2.94. The number of hydrogen-bond acceptors (Lipinski definition) is 3. The molecule has 2 rings (SSSR count). The molecule has 0 aromatic heterocycles. The van der Waals surface area contributed by atoms with Gasteiger partial charge in [0, 0.05) is 25.2 Å². The summed E-state index contributed by atoms with van der Waals surface area (Å²) < 4.78 is 0. The SMILES string of the molecule is CCCNC(CCC)CN1CCC(N2CCCCC2)C1. The quantitative estimate of drug-likeness (QED) is 0.738. The van der Waals surface area contributed by atoms with Crippen molar-refractivity contribution in [1.82, 2.24) is 15.1 Å². The highest BCUT2D eigenvalue weighted by Gasteiger charge is 2.29. The Morgan fingerprint density at radius 1 is 1.05 bits per heavy atom. The molecule has 2 saturated heterocycles. The summed E-state index contributed by atoms with van der Waals surface area (Å²) in [5.41, 5.74) is 0. The molecule has 0 aromatic carbocycles. The van der Waals surface area contributed by atoms with E-state index in [2.05, 4.69) is 29.0 Å². The lowest BCUT2D eigenvalue weighted by Gasteiger charge is -2.32. The highest BCUT2D eigenvalue weighted by Crippen LogP contribution is 2.20. The predicted octanol–water partition coefficient (Wildman–Crippen LogP) is 2.71. The van der Waals surface area contributed by atoms with Gasteiger partial charge in [-0.15, -0.1) is 0 Å². The summed E-state index contributed by atoms with van der Waals surface area (Å²) in [6, 6.07) is 1.56. The molecule has 2 aliphatic heterocycles. The van der Waals surface area contributed by atoms with Crippen LogP contribution in [-0.4, -0.2) is 61.2 Å². The van der Waals surface area contributed by atoms with Crippen LogP contribution in [0.1, 0.15) is 58.8 Å². The molecule has 118 valence electrons. The van der Waals surface area contributed by atoms with Crippen LogP contribution in [0, 0.1) is 0 Å². The molecule has 0 bridgehead atoms. The van der Waals surface area contributed by atoms with Crippen LogP contribution in [-0.2, 0) is 0 Å². The van der Waals surface area contributed by atoms with E-state index in [1.165, 1.54) is 84.2 Å². The summed E-state index contributed by atoms with van der Waals surface area (Å²) >= 11 is 0. The molecule has 3 heteroatoms. The van der Waals surface area contributed by atoms with E-state index in [9.17, 15) is 0 Å². The van der Waals surface area contributed by atoms with Gasteiger partial charge < -0.3 is 10.2 Å². The van der Waals surface area contributed by atoms with Crippen molar-refractivity contribution < 1.29 is 0 Å². The van der Waals surface area contributed by atoms with Gasteiger partial charge in [0.15, 0.2) is 0 Å². The van der Waals surface area contributed by atoms with Crippen molar-refractivity contribution in [3.63, 3.8) is 0 Å². The van der Waals surface area contributed by atoms with Crippen LogP contribution in [0.3, 0.4) is 0 Å². The van der Waals surface area contributed by atoms with Crippen LogP contribution in [0.15, 0.2) is 0 Å². The first-order valence-electron chi connectivity index (χ1n) is 9.03. The lowest BCUT2D eigenvalue weighted by Crippen LogP contribution is -2.44. The molecule has 0 radical (unpaired) electrons. The Hall–Kier alpha value is -0.120. The minimum Gasteiger partial charge on any atom is -0.313 e. The molecule has 20 heavy (non-hydrogen) atoms. The van der Waals surface area contributed by atoms with Crippen molar-refractivity contribution in [3.8, 4) is 0 Å². The summed E-state index contributed by atoms with van der Waals surface area (Å²) in [4.78, 5) is 5.47. The Morgan fingerprint density at radius 3 is 2.55 bits per heavy atom. The van der Waals surface area contributed by atoms with Gasteiger partial charge in [-0.1, -0.05) is 26.7 Å². The Balaban J connectivity index is 1.72. The van der Waals surface area contributed by atoms with Gasteiger partial charge in [0.2, 0.25) is 0 Å². The second-order valence-corrected chi connectivity index (χ2v) is 6.74. The fourth-order valence-corrected chi connectivity index (χ4v) is 3.83. The average molecular weight is 281 g/mol. The van der Waals surface area contributed by atoms with Gasteiger partial charge in [-0.25, -0.2) is 0 Å². The van der Waals surface area contributed by atoms with E-state index in [1.807, 2.05) is 0 Å². The maximum Gasteiger partial charge on any atom is 0.0235 e. The molecule has 0 spiro atoms. The molecule has 2 heterocycles. The van der Waals surface area contributed by atoms with Gasteiger partial charge in [0.05, 0.1) is 0 Å². The molecule has 0 saturated carbocycles. The van der Waals surface area contributed by atoms with E-state index in [4.69, 9.17) is 0 Å². The van der Waals surface area contributed by atoms with Crippen molar-refractivity contribution in [3.05, 3.63) is 0 Å². The minimum absolute atomic E-state index is 0.708. The van der Waals surface area contributed by atoms with Gasteiger partial charge in [-0.3, -0.25) is 4.90 Å². The second-order valence-electron chi connectivity index (χ2n) is 6.74. The largest absolute Gasteiger partial charge is 0.313 e. The van der Waals surface area contributed by atoms with Crippen LogP contribution in [0.2, 0.25) is 0 Å². The molecule has 0 aliphatic carbocycles. The first-order chi connectivity index (χ1) is 9.83. The Bertz CT molecular complexity index is 251. The predicted molar refractivity (Wildman–Crippen MR) is 87.3 cm³/mol. The van der Waals surface area contributed by atoms with Crippen molar-refractivity contribution in [2.24, 2.45) is 0 Å². The normalized spacial score (nSPS) is 27.0. The maximum absolute atomic E-state index is 3.74. The van der Waals surface area contributed by atoms with Crippen molar-refractivity contribution in [1.29, 1.82) is 0 Å². The molecule has 2 unspecified atom stereocenters. The van der Waals surface area contributed by atoms with Crippen LogP contribution in [0.5, 0.6) is 0 Å². The van der Waals surface area contributed by atoms with E-state index in [0.717, 1.165) is 6.04 Å². The highest BCUT2D eigenvalue weighted by atomic mass is 15.3. The third-order valence-electron chi connectivity index (χ3n) is 4.95. The monoisotopic (exact) mass is 281 g/mol. The van der Waals surface area contributed by atoms with E-state index in [1.54, 1.807) is 0 Å². The minimum atomic E-state index is 0.708. The maximum atomic E-state index is 3.74. The van der Waals surface area contributed by atoms with Gasteiger partial charge in [0.1, 0.15) is 0 Å².